The van der Waals surface area contributed by atoms with Gasteiger partial charge >= 0.3 is 0 Å². The van der Waals surface area contributed by atoms with Crippen molar-refractivity contribution in [3.8, 4) is 0 Å². The number of benzene rings is 1. The van der Waals surface area contributed by atoms with Crippen molar-refractivity contribution >= 4 is 11.6 Å². The SMILES string of the molecule is Cc1cc(C)n2ccc(C(=O)NCC(CN)c3ccccc3)c2n1. The summed E-state index contributed by atoms with van der Waals surface area (Å²) in [6, 6.07) is 13.8. The lowest BCUT2D eigenvalue weighted by Crippen LogP contribution is -2.31. The van der Waals surface area contributed by atoms with Gasteiger partial charge in [-0.05, 0) is 31.5 Å². The van der Waals surface area contributed by atoms with Crippen molar-refractivity contribution in [1.29, 1.82) is 0 Å². The topological polar surface area (TPSA) is 72.4 Å². The van der Waals surface area contributed by atoms with Crippen molar-refractivity contribution in [1.82, 2.24) is 14.7 Å². The highest BCUT2D eigenvalue weighted by atomic mass is 16.1. The first kappa shape index (κ1) is 16.2. The standard InChI is InChI=1S/C19H22N4O/c1-13-10-14(2)23-9-8-17(18(23)22-13)19(24)21-12-16(11-20)15-6-4-3-5-7-15/h3-10,16H,11-12,20H2,1-2H3,(H,21,24). The fourth-order valence-electron chi connectivity index (χ4n) is 2.94. The van der Waals surface area contributed by atoms with Gasteiger partial charge in [-0.25, -0.2) is 4.98 Å². The molecule has 1 unspecified atom stereocenters. The Morgan fingerprint density at radius 2 is 2.00 bits per heavy atom. The van der Waals surface area contributed by atoms with Crippen LogP contribution in [0, 0.1) is 13.8 Å². The second-order valence-corrected chi connectivity index (χ2v) is 6.02. The molecule has 0 aliphatic carbocycles. The second kappa shape index (κ2) is 6.84. The Balaban J connectivity index is 1.78. The molecule has 5 nitrogen and oxygen atoms in total. The molecule has 1 amide bonds. The monoisotopic (exact) mass is 322 g/mol. The zero-order valence-electron chi connectivity index (χ0n) is 14.0. The quantitative estimate of drug-likeness (QED) is 0.758. The van der Waals surface area contributed by atoms with Crippen LogP contribution in [0.25, 0.3) is 5.65 Å². The van der Waals surface area contributed by atoms with Gasteiger partial charge in [-0.15, -0.1) is 0 Å². The maximum atomic E-state index is 12.6. The summed E-state index contributed by atoms with van der Waals surface area (Å²) in [4.78, 5) is 17.1. The summed E-state index contributed by atoms with van der Waals surface area (Å²) < 4.78 is 1.93. The molecule has 0 saturated carbocycles. The van der Waals surface area contributed by atoms with Crippen LogP contribution in [0.2, 0.25) is 0 Å². The van der Waals surface area contributed by atoms with Crippen LogP contribution in [0.5, 0.6) is 0 Å². The van der Waals surface area contributed by atoms with Gasteiger partial charge in [0.1, 0.15) is 5.65 Å². The summed E-state index contributed by atoms with van der Waals surface area (Å²) in [7, 11) is 0. The summed E-state index contributed by atoms with van der Waals surface area (Å²) in [6.07, 6.45) is 1.88. The van der Waals surface area contributed by atoms with E-state index < -0.39 is 0 Å². The smallest absolute Gasteiger partial charge is 0.255 e. The molecule has 2 heterocycles. The van der Waals surface area contributed by atoms with Gasteiger partial charge in [0.25, 0.3) is 5.91 Å². The van der Waals surface area contributed by atoms with Gasteiger partial charge in [0.05, 0.1) is 5.56 Å². The number of carbonyl (C=O) groups excluding carboxylic acids is 1. The molecule has 0 spiro atoms. The van der Waals surface area contributed by atoms with Gasteiger partial charge in [0.15, 0.2) is 0 Å². The van der Waals surface area contributed by atoms with Crippen molar-refractivity contribution in [2.24, 2.45) is 5.73 Å². The average molecular weight is 322 g/mol. The van der Waals surface area contributed by atoms with Gasteiger partial charge in [-0.3, -0.25) is 4.79 Å². The van der Waals surface area contributed by atoms with Crippen LogP contribution in [0.1, 0.15) is 33.2 Å². The van der Waals surface area contributed by atoms with Crippen LogP contribution < -0.4 is 11.1 Å². The van der Waals surface area contributed by atoms with E-state index in [4.69, 9.17) is 5.73 Å². The average Bonchev–Trinajstić information content (AvgIpc) is 3.00. The van der Waals surface area contributed by atoms with Crippen molar-refractivity contribution < 1.29 is 4.79 Å². The van der Waals surface area contributed by atoms with Crippen molar-refractivity contribution in [3.05, 3.63) is 71.2 Å². The molecule has 3 rings (SSSR count). The molecule has 0 saturated heterocycles. The van der Waals surface area contributed by atoms with Crippen molar-refractivity contribution in [2.45, 2.75) is 19.8 Å². The molecular formula is C19H22N4O. The summed E-state index contributed by atoms with van der Waals surface area (Å²) in [5, 5.41) is 2.99. The van der Waals surface area contributed by atoms with Crippen LogP contribution in [-0.2, 0) is 0 Å². The Morgan fingerprint density at radius 3 is 2.71 bits per heavy atom. The number of amides is 1. The Morgan fingerprint density at radius 1 is 1.25 bits per heavy atom. The first-order valence-corrected chi connectivity index (χ1v) is 8.08. The Labute approximate surface area is 141 Å². The number of rotatable bonds is 5. The fraction of sp³-hybridized carbons (Fsp3) is 0.263. The summed E-state index contributed by atoms with van der Waals surface area (Å²) >= 11 is 0. The zero-order valence-corrected chi connectivity index (χ0v) is 14.0. The van der Waals surface area contributed by atoms with E-state index >= 15 is 0 Å². The predicted octanol–water partition coefficient (Wildman–Crippen LogP) is 2.42. The molecule has 1 atom stereocenters. The lowest BCUT2D eigenvalue weighted by atomic mass is 9.99. The summed E-state index contributed by atoms with van der Waals surface area (Å²) in [6.45, 7) is 4.92. The maximum Gasteiger partial charge on any atom is 0.255 e. The molecular weight excluding hydrogens is 300 g/mol. The molecule has 3 N–H and O–H groups in total. The first-order chi connectivity index (χ1) is 11.6. The molecule has 2 aromatic heterocycles. The summed E-state index contributed by atoms with van der Waals surface area (Å²) in [5.74, 6) is -0.0233. The number of aromatic nitrogens is 2. The van der Waals surface area contributed by atoms with E-state index in [2.05, 4.69) is 10.3 Å². The molecule has 24 heavy (non-hydrogen) atoms. The lowest BCUT2D eigenvalue weighted by molar-refractivity contribution is 0.0953. The molecule has 0 aliphatic rings. The molecule has 0 radical (unpaired) electrons. The highest BCUT2D eigenvalue weighted by Crippen LogP contribution is 2.16. The number of aryl methyl sites for hydroxylation is 2. The third-order valence-corrected chi connectivity index (χ3v) is 4.25. The van der Waals surface area contributed by atoms with Crippen LogP contribution >= 0.6 is 0 Å². The minimum atomic E-state index is -0.121. The van der Waals surface area contributed by atoms with E-state index in [1.807, 2.05) is 66.9 Å². The number of nitrogens with two attached hydrogens (primary N) is 1. The number of hydrogen-bond donors (Lipinski definition) is 2. The van der Waals surface area contributed by atoms with Crippen molar-refractivity contribution in [2.75, 3.05) is 13.1 Å². The van der Waals surface area contributed by atoms with Gasteiger partial charge in [-0.1, -0.05) is 30.3 Å². The zero-order chi connectivity index (χ0) is 17.1. The van der Waals surface area contributed by atoms with Crippen molar-refractivity contribution in [3.63, 3.8) is 0 Å². The third-order valence-electron chi connectivity index (χ3n) is 4.25. The number of nitrogens with zero attached hydrogens (tertiary/aromatic N) is 2. The number of nitrogens with one attached hydrogen (secondary N) is 1. The van der Waals surface area contributed by atoms with E-state index in [0.29, 0.717) is 24.3 Å². The van der Waals surface area contributed by atoms with E-state index in [1.165, 1.54) is 0 Å². The molecule has 0 aliphatic heterocycles. The summed E-state index contributed by atoms with van der Waals surface area (Å²) in [5.41, 5.74) is 10.2. The Kier molecular flexibility index (Phi) is 4.62. The molecule has 0 bridgehead atoms. The number of hydrogen-bond acceptors (Lipinski definition) is 3. The van der Waals surface area contributed by atoms with Crippen LogP contribution in [0.4, 0.5) is 0 Å². The third kappa shape index (κ3) is 3.16. The molecule has 3 aromatic rings. The minimum absolute atomic E-state index is 0.0976. The molecule has 0 fully saturated rings. The van der Waals surface area contributed by atoms with E-state index in [9.17, 15) is 4.79 Å². The second-order valence-electron chi connectivity index (χ2n) is 6.02. The van der Waals surface area contributed by atoms with Gasteiger partial charge in [0, 0.05) is 36.6 Å². The molecule has 1 aromatic carbocycles. The minimum Gasteiger partial charge on any atom is -0.351 e. The molecule has 5 heteroatoms. The highest BCUT2D eigenvalue weighted by Gasteiger charge is 2.16. The van der Waals surface area contributed by atoms with Gasteiger partial charge < -0.3 is 15.5 Å². The first-order valence-electron chi connectivity index (χ1n) is 8.08. The fourth-order valence-corrected chi connectivity index (χ4v) is 2.94. The van der Waals surface area contributed by atoms with E-state index in [-0.39, 0.29) is 11.8 Å². The number of fused-ring (bicyclic) bond motifs is 1. The number of carbonyl (C=O) groups is 1. The maximum absolute atomic E-state index is 12.6. The normalized spacial score (nSPS) is 12.3. The van der Waals surface area contributed by atoms with E-state index in [0.717, 1.165) is 17.0 Å². The predicted molar refractivity (Wildman–Crippen MR) is 95.2 cm³/mol. The van der Waals surface area contributed by atoms with Gasteiger partial charge in [0.2, 0.25) is 0 Å². The largest absolute Gasteiger partial charge is 0.351 e. The Bertz CT molecular complexity index is 854. The molecule has 124 valence electrons. The van der Waals surface area contributed by atoms with Gasteiger partial charge in [-0.2, -0.15) is 0 Å². The van der Waals surface area contributed by atoms with Crippen LogP contribution in [-0.4, -0.2) is 28.4 Å². The highest BCUT2D eigenvalue weighted by molar-refractivity contribution is 6.00. The van der Waals surface area contributed by atoms with E-state index in [1.54, 1.807) is 0 Å². The Hall–Kier alpha value is -2.66. The lowest BCUT2D eigenvalue weighted by Gasteiger charge is -2.16. The van der Waals surface area contributed by atoms with Crippen LogP contribution in [0.3, 0.4) is 0 Å². The van der Waals surface area contributed by atoms with Crippen LogP contribution in [0.15, 0.2) is 48.7 Å².